The van der Waals surface area contributed by atoms with Crippen molar-refractivity contribution >= 4 is 11.5 Å². The molecule has 5 nitrogen and oxygen atoms in total. The van der Waals surface area contributed by atoms with Crippen molar-refractivity contribution in [1.29, 1.82) is 0 Å². The van der Waals surface area contributed by atoms with E-state index in [4.69, 9.17) is 10.6 Å². The molecule has 0 aromatic heterocycles. The summed E-state index contributed by atoms with van der Waals surface area (Å²) in [5.74, 6) is 2.12. The third-order valence-corrected chi connectivity index (χ3v) is 8.88. The van der Waals surface area contributed by atoms with Crippen LogP contribution in [-0.2, 0) is 9.63 Å². The van der Waals surface area contributed by atoms with Crippen LogP contribution in [0.5, 0.6) is 0 Å². The number of Topliss-reactive ketones (excluding diaryl/α,β-unsaturated/α-hetero) is 1. The number of carbonyl (C=O) groups is 1. The van der Waals surface area contributed by atoms with Crippen LogP contribution in [0.3, 0.4) is 0 Å². The van der Waals surface area contributed by atoms with Crippen LogP contribution in [0.15, 0.2) is 5.16 Å². The van der Waals surface area contributed by atoms with Gasteiger partial charge in [0, 0.05) is 29.7 Å². The van der Waals surface area contributed by atoms with Crippen molar-refractivity contribution < 1.29 is 14.7 Å². The van der Waals surface area contributed by atoms with Gasteiger partial charge in [-0.05, 0) is 69.6 Å². The SMILES string of the molecule is CC(N)CO/N=C1/CC[C@]2(C)[C@H]3CC[C@]4(C)C(=O)CC[C@H]4[C@@H]3CC[C@@]2(O)C1. The first-order valence-electron chi connectivity index (χ1n) is 10.9. The summed E-state index contributed by atoms with van der Waals surface area (Å²) in [6.07, 6.45) is 8.23. The van der Waals surface area contributed by atoms with E-state index in [0.717, 1.165) is 57.1 Å². The normalized spacial score (nSPS) is 49.3. The number of nitrogens with zero attached hydrogens (tertiary/aromatic N) is 1. The molecule has 4 aliphatic carbocycles. The number of oxime groups is 1. The Balaban J connectivity index is 1.54. The molecule has 27 heavy (non-hydrogen) atoms. The maximum atomic E-state index is 12.5. The van der Waals surface area contributed by atoms with Crippen LogP contribution >= 0.6 is 0 Å². The molecule has 0 heterocycles. The van der Waals surface area contributed by atoms with Gasteiger partial charge >= 0.3 is 0 Å². The van der Waals surface area contributed by atoms with E-state index >= 15 is 0 Å². The highest BCUT2D eigenvalue weighted by molar-refractivity contribution is 5.87. The van der Waals surface area contributed by atoms with Crippen LogP contribution in [0.1, 0.15) is 78.6 Å². The van der Waals surface area contributed by atoms with Gasteiger partial charge < -0.3 is 15.7 Å². The first-order chi connectivity index (χ1) is 12.7. The van der Waals surface area contributed by atoms with Gasteiger partial charge in [-0.15, -0.1) is 0 Å². The lowest BCUT2D eigenvalue weighted by molar-refractivity contribution is -0.188. The number of aliphatic hydroxyl groups is 1. The van der Waals surface area contributed by atoms with Gasteiger partial charge in [-0.2, -0.15) is 0 Å². The highest BCUT2D eigenvalue weighted by Gasteiger charge is 2.64. The van der Waals surface area contributed by atoms with E-state index in [1.807, 2.05) is 6.92 Å². The largest absolute Gasteiger partial charge is 0.394 e. The topological polar surface area (TPSA) is 84.9 Å². The molecule has 7 atom stereocenters. The van der Waals surface area contributed by atoms with Gasteiger partial charge in [0.1, 0.15) is 12.4 Å². The molecule has 0 spiro atoms. The van der Waals surface area contributed by atoms with Crippen LogP contribution in [0.2, 0.25) is 0 Å². The zero-order chi connectivity index (χ0) is 19.4. The number of carbonyl (C=O) groups excluding carboxylic acids is 1. The smallest absolute Gasteiger partial charge is 0.139 e. The van der Waals surface area contributed by atoms with Gasteiger partial charge in [0.15, 0.2) is 0 Å². The Labute approximate surface area is 163 Å². The lowest BCUT2D eigenvalue weighted by Gasteiger charge is -2.62. The molecule has 0 bridgehead atoms. The fourth-order valence-corrected chi connectivity index (χ4v) is 7.15. The maximum Gasteiger partial charge on any atom is 0.139 e. The zero-order valence-corrected chi connectivity index (χ0v) is 17.2. The Hall–Kier alpha value is -0.940. The molecular weight excluding hydrogens is 340 g/mol. The summed E-state index contributed by atoms with van der Waals surface area (Å²) in [6.45, 7) is 6.84. The Bertz CT molecular complexity index is 647. The van der Waals surface area contributed by atoms with Crippen molar-refractivity contribution in [1.82, 2.24) is 0 Å². The second-order valence-electron chi connectivity index (χ2n) is 10.4. The summed E-state index contributed by atoms with van der Waals surface area (Å²) in [4.78, 5) is 17.9. The predicted molar refractivity (Wildman–Crippen MR) is 105 cm³/mol. The Morgan fingerprint density at radius 2 is 1.96 bits per heavy atom. The van der Waals surface area contributed by atoms with E-state index in [1.165, 1.54) is 0 Å². The van der Waals surface area contributed by atoms with Crippen molar-refractivity contribution in [2.45, 2.75) is 90.2 Å². The predicted octanol–water partition coefficient (Wildman–Crippen LogP) is 3.43. The van der Waals surface area contributed by atoms with Gasteiger partial charge in [0.2, 0.25) is 0 Å². The minimum absolute atomic E-state index is 0.0348. The van der Waals surface area contributed by atoms with Gasteiger partial charge in [-0.1, -0.05) is 19.0 Å². The van der Waals surface area contributed by atoms with Crippen molar-refractivity contribution in [3.63, 3.8) is 0 Å². The van der Waals surface area contributed by atoms with E-state index in [9.17, 15) is 9.90 Å². The molecule has 0 amide bonds. The summed E-state index contributed by atoms with van der Waals surface area (Å²) in [7, 11) is 0. The van der Waals surface area contributed by atoms with Crippen LogP contribution in [-0.4, -0.2) is 34.9 Å². The summed E-state index contributed by atoms with van der Waals surface area (Å²) in [6, 6.07) is -0.0348. The number of nitrogens with two attached hydrogens (primary N) is 1. The van der Waals surface area contributed by atoms with Crippen LogP contribution in [0.25, 0.3) is 0 Å². The fourth-order valence-electron chi connectivity index (χ4n) is 7.15. The highest BCUT2D eigenvalue weighted by atomic mass is 16.6. The number of ketones is 1. The van der Waals surface area contributed by atoms with Crippen LogP contribution in [0, 0.1) is 28.6 Å². The molecule has 0 saturated heterocycles. The summed E-state index contributed by atoms with van der Waals surface area (Å²) < 4.78 is 0. The monoisotopic (exact) mass is 376 g/mol. The number of hydrogen-bond acceptors (Lipinski definition) is 5. The quantitative estimate of drug-likeness (QED) is 0.739. The summed E-state index contributed by atoms with van der Waals surface area (Å²) >= 11 is 0. The molecule has 4 rings (SSSR count). The second kappa shape index (κ2) is 6.55. The zero-order valence-electron chi connectivity index (χ0n) is 17.2. The third kappa shape index (κ3) is 2.88. The van der Waals surface area contributed by atoms with Crippen molar-refractivity contribution in [3.05, 3.63) is 0 Å². The molecule has 0 aromatic rings. The molecule has 3 N–H and O–H groups in total. The fraction of sp³-hybridized carbons (Fsp3) is 0.909. The molecule has 5 heteroatoms. The first-order valence-corrected chi connectivity index (χ1v) is 10.9. The molecule has 4 fully saturated rings. The minimum Gasteiger partial charge on any atom is -0.394 e. The van der Waals surface area contributed by atoms with Crippen LogP contribution in [0.4, 0.5) is 0 Å². The first kappa shape index (κ1) is 19.4. The molecule has 4 saturated carbocycles. The van der Waals surface area contributed by atoms with E-state index < -0.39 is 5.60 Å². The molecule has 0 radical (unpaired) electrons. The van der Waals surface area contributed by atoms with Crippen LogP contribution < -0.4 is 5.73 Å². The number of fused-ring (bicyclic) bond motifs is 5. The van der Waals surface area contributed by atoms with E-state index in [1.54, 1.807) is 0 Å². The van der Waals surface area contributed by atoms with Gasteiger partial charge in [-0.25, -0.2) is 0 Å². The van der Waals surface area contributed by atoms with Crippen molar-refractivity contribution in [2.75, 3.05) is 6.61 Å². The third-order valence-electron chi connectivity index (χ3n) is 8.88. The number of rotatable bonds is 3. The van der Waals surface area contributed by atoms with E-state index in [2.05, 4.69) is 19.0 Å². The van der Waals surface area contributed by atoms with E-state index in [0.29, 0.717) is 36.6 Å². The standard InChI is InChI=1S/C22H36N2O3/c1-14(23)13-27-24-15-6-10-21(3)18-8-9-20(2)17(4-5-19(20)25)16(18)7-11-22(21,26)12-15/h14,16-18,26H,4-13,23H2,1-3H3/b24-15-/t14?,16-,17-,18-,20-,21+,22+/m0/s1. The molecule has 0 aliphatic heterocycles. The van der Waals surface area contributed by atoms with Gasteiger partial charge in [0.05, 0.1) is 11.3 Å². The summed E-state index contributed by atoms with van der Waals surface area (Å²) in [5.41, 5.74) is 5.84. The van der Waals surface area contributed by atoms with Crippen molar-refractivity contribution in [2.24, 2.45) is 39.5 Å². The van der Waals surface area contributed by atoms with Crippen molar-refractivity contribution in [3.8, 4) is 0 Å². The average Bonchev–Trinajstić information content (AvgIpc) is 2.91. The summed E-state index contributed by atoms with van der Waals surface area (Å²) in [5, 5.41) is 16.0. The molecule has 0 aromatic carbocycles. The second-order valence-corrected chi connectivity index (χ2v) is 10.4. The maximum absolute atomic E-state index is 12.5. The highest BCUT2D eigenvalue weighted by Crippen LogP contribution is 2.66. The Morgan fingerprint density at radius 1 is 1.19 bits per heavy atom. The minimum atomic E-state index is -0.695. The molecule has 152 valence electrons. The number of hydrogen-bond donors (Lipinski definition) is 2. The van der Waals surface area contributed by atoms with Gasteiger partial charge in [-0.3, -0.25) is 4.79 Å². The lowest BCUT2D eigenvalue weighted by Crippen LogP contribution is -2.62. The Kier molecular flexibility index (Phi) is 4.70. The lowest BCUT2D eigenvalue weighted by atomic mass is 9.43. The van der Waals surface area contributed by atoms with E-state index in [-0.39, 0.29) is 16.9 Å². The molecule has 4 aliphatic rings. The molecular formula is C22H36N2O3. The van der Waals surface area contributed by atoms with Gasteiger partial charge in [0.25, 0.3) is 0 Å². The Morgan fingerprint density at radius 3 is 2.70 bits per heavy atom. The molecule has 1 unspecified atom stereocenters. The average molecular weight is 377 g/mol.